The van der Waals surface area contributed by atoms with Gasteiger partial charge in [-0.1, -0.05) is 11.6 Å². The van der Waals surface area contributed by atoms with E-state index in [1.54, 1.807) is 6.92 Å². The van der Waals surface area contributed by atoms with Gasteiger partial charge in [0.05, 0.1) is 36.1 Å². The molecule has 0 atom stereocenters. The van der Waals surface area contributed by atoms with E-state index in [1.807, 2.05) is 0 Å². The number of rotatable bonds is 2. The number of aromatic nitrogens is 3. The molecule has 2 rings (SSSR count). The molecule has 0 unspecified atom stereocenters. The predicted octanol–water partition coefficient (Wildman–Crippen LogP) is 0.746. The van der Waals surface area contributed by atoms with Gasteiger partial charge in [0.15, 0.2) is 0 Å². The third-order valence-electron chi connectivity index (χ3n) is 2.29. The minimum atomic E-state index is -0.216. The first kappa shape index (κ1) is 11.0. The SMILES string of the molecule is Cc1nc(Cl)cc2c(=O)n(CCO)cnc12. The Morgan fingerprint density at radius 1 is 1.56 bits per heavy atom. The Hall–Kier alpha value is -1.46. The lowest BCUT2D eigenvalue weighted by Crippen LogP contribution is -2.22. The third kappa shape index (κ3) is 1.79. The van der Waals surface area contributed by atoms with Gasteiger partial charge < -0.3 is 5.11 Å². The van der Waals surface area contributed by atoms with Gasteiger partial charge >= 0.3 is 0 Å². The lowest BCUT2D eigenvalue weighted by molar-refractivity contribution is 0.274. The normalized spacial score (nSPS) is 10.9. The Labute approximate surface area is 96.3 Å². The fraction of sp³-hybridized carbons (Fsp3) is 0.300. The van der Waals surface area contributed by atoms with Gasteiger partial charge in [0.2, 0.25) is 0 Å². The molecule has 0 radical (unpaired) electrons. The number of nitrogens with zero attached hydrogens (tertiary/aromatic N) is 3. The van der Waals surface area contributed by atoms with E-state index in [4.69, 9.17) is 16.7 Å². The molecule has 0 aliphatic carbocycles. The molecule has 0 saturated heterocycles. The quantitative estimate of drug-likeness (QED) is 0.785. The van der Waals surface area contributed by atoms with Gasteiger partial charge in [0.25, 0.3) is 5.56 Å². The molecule has 84 valence electrons. The second kappa shape index (κ2) is 4.19. The number of hydrogen-bond donors (Lipinski definition) is 1. The van der Waals surface area contributed by atoms with E-state index in [1.165, 1.54) is 17.0 Å². The van der Waals surface area contributed by atoms with Gasteiger partial charge in [-0.25, -0.2) is 9.97 Å². The molecule has 0 spiro atoms. The maximum absolute atomic E-state index is 11.9. The molecule has 0 saturated carbocycles. The summed E-state index contributed by atoms with van der Waals surface area (Å²) in [5.74, 6) is 0. The van der Waals surface area contributed by atoms with Crippen LogP contribution in [0, 0.1) is 6.92 Å². The summed E-state index contributed by atoms with van der Waals surface area (Å²) in [6, 6.07) is 1.49. The molecule has 2 aromatic rings. The number of hydrogen-bond acceptors (Lipinski definition) is 4. The van der Waals surface area contributed by atoms with E-state index in [9.17, 15) is 4.79 Å². The Morgan fingerprint density at radius 3 is 3.00 bits per heavy atom. The highest BCUT2D eigenvalue weighted by Gasteiger charge is 2.08. The lowest BCUT2D eigenvalue weighted by atomic mass is 10.2. The van der Waals surface area contributed by atoms with Crippen LogP contribution in [0.15, 0.2) is 17.2 Å². The molecule has 6 heteroatoms. The molecule has 2 heterocycles. The van der Waals surface area contributed by atoms with Gasteiger partial charge in [-0.3, -0.25) is 9.36 Å². The van der Waals surface area contributed by atoms with Crippen molar-refractivity contribution in [2.45, 2.75) is 13.5 Å². The summed E-state index contributed by atoms with van der Waals surface area (Å²) in [6.45, 7) is 1.86. The van der Waals surface area contributed by atoms with Crippen LogP contribution in [0.2, 0.25) is 5.15 Å². The second-order valence-corrected chi connectivity index (χ2v) is 3.78. The van der Waals surface area contributed by atoms with Crippen molar-refractivity contribution in [1.29, 1.82) is 0 Å². The molecule has 2 aromatic heterocycles. The van der Waals surface area contributed by atoms with E-state index in [0.717, 1.165) is 0 Å². The van der Waals surface area contributed by atoms with Crippen LogP contribution in [-0.4, -0.2) is 26.2 Å². The summed E-state index contributed by atoms with van der Waals surface area (Å²) in [7, 11) is 0. The fourth-order valence-electron chi connectivity index (χ4n) is 1.56. The van der Waals surface area contributed by atoms with Crippen LogP contribution >= 0.6 is 11.6 Å². The first-order valence-electron chi connectivity index (χ1n) is 4.76. The average Bonchev–Trinajstić information content (AvgIpc) is 2.23. The molecule has 5 nitrogen and oxygen atoms in total. The molecule has 16 heavy (non-hydrogen) atoms. The topological polar surface area (TPSA) is 68.0 Å². The Bertz CT molecular complexity index is 594. The number of fused-ring (bicyclic) bond motifs is 1. The number of aliphatic hydroxyl groups is 1. The molecular weight excluding hydrogens is 230 g/mol. The largest absolute Gasteiger partial charge is 0.395 e. The fourth-order valence-corrected chi connectivity index (χ4v) is 1.79. The zero-order valence-electron chi connectivity index (χ0n) is 8.64. The van der Waals surface area contributed by atoms with E-state index < -0.39 is 0 Å². The zero-order chi connectivity index (χ0) is 11.7. The monoisotopic (exact) mass is 239 g/mol. The predicted molar refractivity (Wildman–Crippen MR) is 60.6 cm³/mol. The van der Waals surface area contributed by atoms with Crippen molar-refractivity contribution < 1.29 is 5.11 Å². The molecule has 0 aliphatic rings. The highest BCUT2D eigenvalue weighted by molar-refractivity contribution is 6.30. The van der Waals surface area contributed by atoms with Crippen LogP contribution in [-0.2, 0) is 6.54 Å². The molecular formula is C10H10ClN3O2. The second-order valence-electron chi connectivity index (χ2n) is 3.39. The number of aliphatic hydroxyl groups excluding tert-OH is 1. The number of aryl methyl sites for hydroxylation is 1. The molecule has 0 aromatic carbocycles. The van der Waals surface area contributed by atoms with Crippen molar-refractivity contribution in [1.82, 2.24) is 14.5 Å². The Balaban J connectivity index is 2.78. The minimum Gasteiger partial charge on any atom is -0.395 e. The summed E-state index contributed by atoms with van der Waals surface area (Å²) in [6.07, 6.45) is 1.41. The first-order chi connectivity index (χ1) is 7.63. The number of pyridine rings is 1. The van der Waals surface area contributed by atoms with Crippen LogP contribution in [0.1, 0.15) is 5.69 Å². The molecule has 0 bridgehead atoms. The van der Waals surface area contributed by atoms with Crippen LogP contribution in [0.25, 0.3) is 10.9 Å². The smallest absolute Gasteiger partial charge is 0.261 e. The Morgan fingerprint density at radius 2 is 2.31 bits per heavy atom. The van der Waals surface area contributed by atoms with Gasteiger partial charge in [0.1, 0.15) is 5.15 Å². The molecule has 1 N–H and O–H groups in total. The summed E-state index contributed by atoms with van der Waals surface area (Å²) in [5.41, 5.74) is 0.950. The maximum atomic E-state index is 11.9. The third-order valence-corrected chi connectivity index (χ3v) is 2.49. The lowest BCUT2D eigenvalue weighted by Gasteiger charge is -2.05. The van der Waals surface area contributed by atoms with E-state index in [2.05, 4.69) is 9.97 Å². The van der Waals surface area contributed by atoms with Crippen molar-refractivity contribution in [2.24, 2.45) is 0 Å². The summed E-state index contributed by atoms with van der Waals surface area (Å²) in [4.78, 5) is 20.1. The molecule has 0 aliphatic heterocycles. The summed E-state index contributed by atoms with van der Waals surface area (Å²) >= 11 is 5.79. The van der Waals surface area contributed by atoms with Crippen molar-refractivity contribution >= 4 is 22.5 Å². The summed E-state index contributed by atoms with van der Waals surface area (Å²) in [5, 5.41) is 9.49. The highest BCUT2D eigenvalue weighted by Crippen LogP contribution is 2.14. The maximum Gasteiger partial charge on any atom is 0.261 e. The average molecular weight is 240 g/mol. The molecule has 0 amide bonds. The van der Waals surface area contributed by atoms with E-state index >= 15 is 0 Å². The van der Waals surface area contributed by atoms with Crippen LogP contribution in [0.5, 0.6) is 0 Å². The first-order valence-corrected chi connectivity index (χ1v) is 5.14. The number of halogens is 1. The zero-order valence-corrected chi connectivity index (χ0v) is 9.40. The van der Waals surface area contributed by atoms with E-state index in [0.29, 0.717) is 16.6 Å². The van der Waals surface area contributed by atoms with Crippen molar-refractivity contribution in [3.8, 4) is 0 Å². The highest BCUT2D eigenvalue weighted by atomic mass is 35.5. The summed E-state index contributed by atoms with van der Waals surface area (Å²) < 4.78 is 1.35. The van der Waals surface area contributed by atoms with E-state index in [-0.39, 0.29) is 23.9 Å². The van der Waals surface area contributed by atoms with Crippen LogP contribution < -0.4 is 5.56 Å². The van der Waals surface area contributed by atoms with Gasteiger partial charge in [-0.05, 0) is 13.0 Å². The van der Waals surface area contributed by atoms with Gasteiger partial charge in [-0.15, -0.1) is 0 Å². The molecule has 0 fully saturated rings. The standard InChI is InChI=1S/C10H10ClN3O2/c1-6-9-7(4-8(11)13-6)10(16)14(2-3-15)5-12-9/h4-5,15H,2-3H2,1H3. The van der Waals surface area contributed by atoms with Crippen LogP contribution in [0.3, 0.4) is 0 Å². The Kier molecular flexibility index (Phi) is 2.89. The van der Waals surface area contributed by atoms with Crippen molar-refractivity contribution in [2.75, 3.05) is 6.61 Å². The van der Waals surface area contributed by atoms with Crippen molar-refractivity contribution in [3.05, 3.63) is 33.6 Å². The van der Waals surface area contributed by atoms with Crippen LogP contribution in [0.4, 0.5) is 0 Å². The van der Waals surface area contributed by atoms with Gasteiger partial charge in [-0.2, -0.15) is 0 Å². The van der Waals surface area contributed by atoms with Crippen molar-refractivity contribution in [3.63, 3.8) is 0 Å². The minimum absolute atomic E-state index is 0.106. The van der Waals surface area contributed by atoms with Gasteiger partial charge in [0, 0.05) is 0 Å².